The molecule has 2 aromatic rings. The van der Waals surface area contributed by atoms with Crippen molar-refractivity contribution in [3.05, 3.63) is 46.3 Å². The Kier molecular flexibility index (Phi) is 5.69. The van der Waals surface area contributed by atoms with Crippen LogP contribution < -0.4 is 19.1 Å². The predicted molar refractivity (Wildman–Crippen MR) is 128 cm³/mol. The molecule has 0 unspecified atom stereocenters. The second-order valence-corrected chi connectivity index (χ2v) is 9.20. The van der Waals surface area contributed by atoms with E-state index in [0.29, 0.717) is 35.6 Å². The molecule has 2 aromatic carbocycles. The molecule has 0 aliphatic carbocycles. The Balaban J connectivity index is 1.51. The third-order valence-electron chi connectivity index (χ3n) is 5.35. The topological polar surface area (TPSA) is 63.6 Å². The maximum atomic E-state index is 13.3. The molecule has 9 heteroatoms. The average Bonchev–Trinajstić information content (AvgIpc) is 3.34. The van der Waals surface area contributed by atoms with Gasteiger partial charge in [-0.25, -0.2) is 4.99 Å². The van der Waals surface area contributed by atoms with Gasteiger partial charge in [0, 0.05) is 30.1 Å². The van der Waals surface area contributed by atoms with Crippen LogP contribution in [-0.2, 0) is 4.79 Å². The van der Waals surface area contributed by atoms with Crippen molar-refractivity contribution < 1.29 is 19.0 Å². The first-order chi connectivity index (χ1) is 15.6. The van der Waals surface area contributed by atoms with Gasteiger partial charge in [-0.1, -0.05) is 11.8 Å². The number of hydrogen-bond acceptors (Lipinski definition) is 8. The number of rotatable bonds is 4. The summed E-state index contributed by atoms with van der Waals surface area (Å²) in [5.41, 5.74) is 1.79. The second kappa shape index (κ2) is 8.63. The van der Waals surface area contributed by atoms with Gasteiger partial charge in [-0.2, -0.15) is 0 Å². The molecule has 32 heavy (non-hydrogen) atoms. The number of fused-ring (bicyclic) bond motifs is 2. The second-order valence-electron chi connectivity index (χ2n) is 7.19. The van der Waals surface area contributed by atoms with E-state index in [1.165, 1.54) is 11.8 Å². The van der Waals surface area contributed by atoms with Gasteiger partial charge in [-0.15, -0.1) is 0 Å². The molecule has 0 bridgehead atoms. The highest BCUT2D eigenvalue weighted by atomic mass is 32.2. The minimum Gasteiger partial charge on any atom is -0.497 e. The fourth-order valence-electron chi connectivity index (χ4n) is 3.78. The molecule has 0 saturated carbocycles. The number of hydrogen-bond donors (Lipinski definition) is 0. The predicted octanol–water partition coefficient (Wildman–Crippen LogP) is 4.85. The number of ether oxygens (including phenoxy) is 3. The lowest BCUT2D eigenvalue weighted by Gasteiger charge is -2.19. The van der Waals surface area contributed by atoms with Crippen molar-refractivity contribution in [2.75, 3.05) is 38.3 Å². The van der Waals surface area contributed by atoms with Crippen LogP contribution in [0, 0.1) is 0 Å². The quantitative estimate of drug-likeness (QED) is 0.593. The van der Waals surface area contributed by atoms with Gasteiger partial charge in [0.1, 0.15) is 28.9 Å². The fraction of sp³-hybridized carbons (Fsp3) is 0.304. The minimum atomic E-state index is -0.0190. The van der Waals surface area contributed by atoms with Gasteiger partial charge in [-0.3, -0.25) is 9.69 Å². The molecule has 3 heterocycles. The van der Waals surface area contributed by atoms with Crippen LogP contribution in [0.4, 0.5) is 11.4 Å². The van der Waals surface area contributed by atoms with Gasteiger partial charge in [-0.05, 0) is 49.9 Å². The van der Waals surface area contributed by atoms with Crippen molar-refractivity contribution in [2.24, 2.45) is 4.99 Å². The van der Waals surface area contributed by atoms with E-state index in [1.54, 1.807) is 23.8 Å². The number of thioether (sulfide) groups is 2. The summed E-state index contributed by atoms with van der Waals surface area (Å²) in [7, 11) is 1.66. The molecule has 1 saturated heterocycles. The van der Waals surface area contributed by atoms with E-state index in [9.17, 15) is 4.79 Å². The summed E-state index contributed by atoms with van der Waals surface area (Å²) in [4.78, 5) is 23.8. The smallest absolute Gasteiger partial charge is 0.269 e. The van der Waals surface area contributed by atoms with Gasteiger partial charge >= 0.3 is 0 Å². The number of amidine groups is 1. The van der Waals surface area contributed by atoms with E-state index >= 15 is 0 Å². The Bertz CT molecular complexity index is 1150. The van der Waals surface area contributed by atoms with Crippen molar-refractivity contribution >= 4 is 46.0 Å². The summed E-state index contributed by atoms with van der Waals surface area (Å²) in [5, 5.41) is 1.61. The van der Waals surface area contributed by atoms with Crippen LogP contribution in [0.5, 0.6) is 17.2 Å². The summed E-state index contributed by atoms with van der Waals surface area (Å²) < 4.78 is 16.7. The highest BCUT2D eigenvalue weighted by Gasteiger charge is 2.39. The van der Waals surface area contributed by atoms with Crippen molar-refractivity contribution in [1.82, 2.24) is 4.90 Å². The fourth-order valence-corrected chi connectivity index (χ4v) is 6.22. The lowest BCUT2D eigenvalue weighted by atomic mass is 10.2. The summed E-state index contributed by atoms with van der Waals surface area (Å²) in [5.74, 6) is 2.19. The number of carbonyl (C=O) groups is 1. The molecule has 0 radical (unpaired) electrons. The van der Waals surface area contributed by atoms with Crippen molar-refractivity contribution in [3.63, 3.8) is 0 Å². The summed E-state index contributed by atoms with van der Waals surface area (Å²) in [6, 6.07) is 11.6. The molecule has 0 aromatic heterocycles. The van der Waals surface area contributed by atoms with Crippen LogP contribution in [0.1, 0.15) is 13.8 Å². The van der Waals surface area contributed by atoms with E-state index in [4.69, 9.17) is 19.2 Å². The van der Waals surface area contributed by atoms with Gasteiger partial charge in [0.15, 0.2) is 16.7 Å². The molecule has 1 amide bonds. The Labute approximate surface area is 195 Å². The van der Waals surface area contributed by atoms with Crippen molar-refractivity contribution in [1.29, 1.82) is 0 Å². The largest absolute Gasteiger partial charge is 0.497 e. The van der Waals surface area contributed by atoms with Gasteiger partial charge in [0.2, 0.25) is 0 Å². The average molecular weight is 470 g/mol. The third-order valence-corrected chi connectivity index (χ3v) is 7.73. The molecule has 7 nitrogen and oxygen atoms in total. The van der Waals surface area contributed by atoms with Crippen molar-refractivity contribution in [2.45, 2.75) is 18.7 Å². The molecule has 3 aliphatic rings. The molecular weight excluding hydrogens is 446 g/mol. The molecule has 0 atom stereocenters. The van der Waals surface area contributed by atoms with Gasteiger partial charge in [0.25, 0.3) is 5.91 Å². The molecule has 3 aliphatic heterocycles. The summed E-state index contributed by atoms with van der Waals surface area (Å²) in [6.07, 6.45) is 0. The molecule has 5 rings (SSSR count). The number of aliphatic imine (C=N–C) groups is 1. The van der Waals surface area contributed by atoms with E-state index < -0.39 is 0 Å². The van der Waals surface area contributed by atoms with Crippen molar-refractivity contribution in [3.8, 4) is 17.2 Å². The highest BCUT2D eigenvalue weighted by molar-refractivity contribution is 8.19. The van der Waals surface area contributed by atoms with Crippen LogP contribution in [0.25, 0.3) is 0 Å². The first-order valence-electron chi connectivity index (χ1n) is 10.5. The Morgan fingerprint density at radius 1 is 1.00 bits per heavy atom. The number of anilines is 1. The zero-order valence-electron chi connectivity index (χ0n) is 18.1. The molecule has 166 valence electrons. The van der Waals surface area contributed by atoms with Crippen LogP contribution in [0.2, 0.25) is 0 Å². The van der Waals surface area contributed by atoms with Crippen LogP contribution in [0.3, 0.4) is 0 Å². The lowest BCUT2D eigenvalue weighted by Crippen LogP contribution is -2.29. The summed E-state index contributed by atoms with van der Waals surface area (Å²) in [6.45, 7) is 6.41. The van der Waals surface area contributed by atoms with E-state index in [2.05, 4.69) is 11.8 Å². The molecular formula is C23H23N3O4S2. The van der Waals surface area contributed by atoms with E-state index in [-0.39, 0.29) is 5.91 Å². The lowest BCUT2D eigenvalue weighted by molar-refractivity contribution is -0.122. The third kappa shape index (κ3) is 3.59. The SMILES string of the molecule is CCN1C(=O)C(=C2Sc3ccc(OC)cc3N2CC)SC1=Nc1ccc2c(c1)OCCO2. The molecule has 0 spiro atoms. The monoisotopic (exact) mass is 469 g/mol. The maximum Gasteiger partial charge on any atom is 0.269 e. The van der Waals surface area contributed by atoms with Crippen LogP contribution in [-0.4, -0.2) is 49.4 Å². The number of benzene rings is 2. The summed E-state index contributed by atoms with van der Waals surface area (Å²) >= 11 is 3.04. The highest BCUT2D eigenvalue weighted by Crippen LogP contribution is 2.51. The molecule has 0 N–H and O–H groups in total. The number of amides is 1. The minimum absolute atomic E-state index is 0.0190. The first-order valence-corrected chi connectivity index (χ1v) is 12.1. The maximum absolute atomic E-state index is 13.3. The number of methoxy groups -OCH3 is 1. The zero-order valence-corrected chi connectivity index (χ0v) is 19.7. The van der Waals surface area contributed by atoms with Crippen LogP contribution >= 0.6 is 23.5 Å². The number of carbonyl (C=O) groups excluding carboxylic acids is 1. The van der Waals surface area contributed by atoms with Gasteiger partial charge < -0.3 is 19.1 Å². The zero-order chi connectivity index (χ0) is 22.2. The van der Waals surface area contributed by atoms with E-state index in [0.717, 1.165) is 39.3 Å². The Morgan fingerprint density at radius 3 is 2.53 bits per heavy atom. The standard InChI is InChI=1S/C23H23N3O4S2/c1-4-25-16-13-15(28-3)7-9-19(16)31-22(25)20-21(27)26(5-2)23(32-20)24-14-6-8-17-18(12-14)30-11-10-29-17/h6-9,12-13H,4-5,10-11H2,1-3H3. The first kappa shape index (κ1) is 21.1. The van der Waals surface area contributed by atoms with Gasteiger partial charge in [0.05, 0.1) is 18.5 Å². The number of likely N-dealkylation sites (N-methyl/N-ethyl adjacent to an activating group) is 1. The molecule has 1 fully saturated rings. The Hall–Kier alpha value is -2.78. The Morgan fingerprint density at radius 2 is 1.78 bits per heavy atom. The number of nitrogens with zero attached hydrogens (tertiary/aromatic N) is 3. The van der Waals surface area contributed by atoms with Crippen LogP contribution in [0.15, 0.2) is 56.2 Å². The van der Waals surface area contributed by atoms with E-state index in [1.807, 2.05) is 43.3 Å². The normalized spacial score (nSPS) is 20.8.